The van der Waals surface area contributed by atoms with Crippen LogP contribution in [0.1, 0.15) is 28.9 Å². The quantitative estimate of drug-likeness (QED) is 0.573. The van der Waals surface area contributed by atoms with E-state index in [0.717, 1.165) is 16.3 Å². The van der Waals surface area contributed by atoms with Crippen molar-refractivity contribution in [3.63, 3.8) is 0 Å². The number of pyridine rings is 1. The zero-order valence-corrected chi connectivity index (χ0v) is 15.6. The van der Waals surface area contributed by atoms with Crippen LogP contribution in [0.5, 0.6) is 5.75 Å². The SMILES string of the molecule is CC(NC(=O)c1c(O)c(=O)n(C)c2ccccc12)c1ccc2ccccc2c1. The molecule has 0 radical (unpaired) electrons. The van der Waals surface area contributed by atoms with Crippen molar-refractivity contribution in [3.8, 4) is 5.75 Å². The van der Waals surface area contributed by atoms with E-state index in [1.54, 1.807) is 31.3 Å². The minimum Gasteiger partial charge on any atom is -0.502 e. The molecule has 0 aliphatic carbocycles. The van der Waals surface area contributed by atoms with E-state index in [4.69, 9.17) is 0 Å². The molecule has 0 saturated heterocycles. The van der Waals surface area contributed by atoms with Gasteiger partial charge in [0.2, 0.25) is 0 Å². The Balaban J connectivity index is 1.73. The first-order valence-corrected chi connectivity index (χ1v) is 9.07. The van der Waals surface area contributed by atoms with Crippen molar-refractivity contribution in [2.45, 2.75) is 13.0 Å². The van der Waals surface area contributed by atoms with Crippen molar-refractivity contribution in [1.29, 1.82) is 0 Å². The predicted octanol–water partition coefficient (Wildman–Crippen LogP) is 3.89. The number of para-hydroxylation sites is 1. The number of carbonyl (C=O) groups is 1. The average molecular weight is 372 g/mol. The molecule has 0 aliphatic heterocycles. The Labute approximate surface area is 161 Å². The number of carbonyl (C=O) groups excluding carboxylic acids is 1. The van der Waals surface area contributed by atoms with Crippen LogP contribution in [0.25, 0.3) is 21.7 Å². The van der Waals surface area contributed by atoms with Gasteiger partial charge in [-0.05, 0) is 35.4 Å². The number of rotatable bonds is 3. The monoisotopic (exact) mass is 372 g/mol. The largest absolute Gasteiger partial charge is 0.502 e. The van der Waals surface area contributed by atoms with E-state index < -0.39 is 17.2 Å². The van der Waals surface area contributed by atoms with Gasteiger partial charge in [0.05, 0.1) is 17.1 Å². The number of aromatic nitrogens is 1. The third-order valence-electron chi connectivity index (χ3n) is 5.13. The summed E-state index contributed by atoms with van der Waals surface area (Å²) in [7, 11) is 1.57. The zero-order valence-electron chi connectivity index (χ0n) is 15.6. The Morgan fingerprint density at radius 1 is 1.00 bits per heavy atom. The highest BCUT2D eigenvalue weighted by Crippen LogP contribution is 2.25. The fraction of sp³-hybridized carbons (Fsp3) is 0.130. The molecule has 28 heavy (non-hydrogen) atoms. The molecule has 0 saturated carbocycles. The molecule has 5 nitrogen and oxygen atoms in total. The highest BCUT2D eigenvalue weighted by atomic mass is 16.3. The molecular formula is C23H20N2O3. The van der Waals surface area contributed by atoms with Gasteiger partial charge in [-0.3, -0.25) is 9.59 Å². The summed E-state index contributed by atoms with van der Waals surface area (Å²) in [5.74, 6) is -1.02. The lowest BCUT2D eigenvalue weighted by Crippen LogP contribution is -2.29. The molecule has 1 amide bonds. The first kappa shape index (κ1) is 17.8. The van der Waals surface area contributed by atoms with E-state index in [2.05, 4.69) is 5.32 Å². The summed E-state index contributed by atoms with van der Waals surface area (Å²) in [6.07, 6.45) is 0. The number of aryl methyl sites for hydroxylation is 1. The van der Waals surface area contributed by atoms with Gasteiger partial charge in [-0.25, -0.2) is 0 Å². The molecule has 140 valence electrons. The topological polar surface area (TPSA) is 71.3 Å². The van der Waals surface area contributed by atoms with Gasteiger partial charge in [-0.15, -0.1) is 0 Å². The van der Waals surface area contributed by atoms with Crippen LogP contribution in [0.15, 0.2) is 71.5 Å². The number of amides is 1. The maximum atomic E-state index is 13.0. The molecule has 1 heterocycles. The second-order valence-corrected chi connectivity index (χ2v) is 6.91. The van der Waals surface area contributed by atoms with E-state index in [9.17, 15) is 14.7 Å². The van der Waals surface area contributed by atoms with Crippen molar-refractivity contribution in [2.75, 3.05) is 0 Å². The standard InChI is InChI=1S/C23H20N2O3/c1-14(16-12-11-15-7-3-4-8-17(15)13-16)24-22(27)20-18-9-5-6-10-19(18)25(2)23(28)21(20)26/h3-14,26H,1-2H3,(H,24,27). The van der Waals surface area contributed by atoms with Gasteiger partial charge in [-0.1, -0.05) is 54.6 Å². The van der Waals surface area contributed by atoms with Crippen LogP contribution in [-0.4, -0.2) is 15.6 Å². The van der Waals surface area contributed by atoms with Crippen LogP contribution < -0.4 is 10.9 Å². The molecule has 0 aliphatic rings. The highest BCUT2D eigenvalue weighted by Gasteiger charge is 2.22. The van der Waals surface area contributed by atoms with Crippen molar-refractivity contribution in [1.82, 2.24) is 9.88 Å². The van der Waals surface area contributed by atoms with Crippen LogP contribution in [0, 0.1) is 0 Å². The number of nitrogens with one attached hydrogen (secondary N) is 1. The minimum absolute atomic E-state index is 0.00587. The molecular weight excluding hydrogens is 352 g/mol. The van der Waals surface area contributed by atoms with E-state index in [0.29, 0.717) is 10.9 Å². The van der Waals surface area contributed by atoms with Crippen molar-refractivity contribution < 1.29 is 9.90 Å². The van der Waals surface area contributed by atoms with Gasteiger partial charge in [0.1, 0.15) is 0 Å². The summed E-state index contributed by atoms with van der Waals surface area (Å²) in [6, 6.07) is 20.8. The van der Waals surface area contributed by atoms with E-state index in [1.165, 1.54) is 4.57 Å². The molecule has 1 atom stereocenters. The van der Waals surface area contributed by atoms with Crippen LogP contribution in [-0.2, 0) is 7.05 Å². The van der Waals surface area contributed by atoms with Crippen LogP contribution in [0.4, 0.5) is 0 Å². The molecule has 2 N–H and O–H groups in total. The van der Waals surface area contributed by atoms with Crippen molar-refractivity contribution >= 4 is 27.6 Å². The van der Waals surface area contributed by atoms with Gasteiger partial charge in [-0.2, -0.15) is 0 Å². The highest BCUT2D eigenvalue weighted by molar-refractivity contribution is 6.08. The lowest BCUT2D eigenvalue weighted by Gasteiger charge is -2.17. The summed E-state index contributed by atoms with van der Waals surface area (Å²) < 4.78 is 1.34. The number of hydrogen-bond acceptors (Lipinski definition) is 3. The van der Waals surface area contributed by atoms with Crippen LogP contribution in [0.2, 0.25) is 0 Å². The van der Waals surface area contributed by atoms with Gasteiger partial charge in [0, 0.05) is 12.4 Å². The minimum atomic E-state index is -0.595. The number of aromatic hydroxyl groups is 1. The Hall–Kier alpha value is -3.60. The van der Waals surface area contributed by atoms with Gasteiger partial charge in [0.15, 0.2) is 5.75 Å². The summed E-state index contributed by atoms with van der Waals surface area (Å²) >= 11 is 0. The van der Waals surface area contributed by atoms with Crippen molar-refractivity contribution in [3.05, 3.63) is 88.2 Å². The molecule has 3 aromatic carbocycles. The molecule has 0 bridgehead atoms. The first-order valence-electron chi connectivity index (χ1n) is 9.07. The third kappa shape index (κ3) is 2.91. The predicted molar refractivity (Wildman–Crippen MR) is 111 cm³/mol. The third-order valence-corrected chi connectivity index (χ3v) is 5.13. The van der Waals surface area contributed by atoms with Gasteiger partial charge < -0.3 is 15.0 Å². The normalized spacial score (nSPS) is 12.2. The lowest BCUT2D eigenvalue weighted by molar-refractivity contribution is 0.0938. The first-order chi connectivity index (χ1) is 13.5. The van der Waals surface area contributed by atoms with E-state index >= 15 is 0 Å². The number of fused-ring (bicyclic) bond motifs is 2. The van der Waals surface area contributed by atoms with Gasteiger partial charge in [0.25, 0.3) is 11.5 Å². The van der Waals surface area contributed by atoms with Crippen molar-refractivity contribution in [2.24, 2.45) is 7.05 Å². The summed E-state index contributed by atoms with van der Waals surface area (Å²) in [6.45, 7) is 1.88. The summed E-state index contributed by atoms with van der Waals surface area (Å²) in [5.41, 5.74) is 0.946. The van der Waals surface area contributed by atoms with Gasteiger partial charge >= 0.3 is 0 Å². The van der Waals surface area contributed by atoms with Crippen LogP contribution >= 0.6 is 0 Å². The Kier molecular flexibility index (Phi) is 4.35. The smallest absolute Gasteiger partial charge is 0.293 e. The number of benzene rings is 3. The van der Waals surface area contributed by atoms with E-state index in [-0.39, 0.29) is 11.6 Å². The second-order valence-electron chi connectivity index (χ2n) is 6.91. The summed E-state index contributed by atoms with van der Waals surface area (Å²) in [5, 5.41) is 16.0. The zero-order chi connectivity index (χ0) is 19.8. The summed E-state index contributed by atoms with van der Waals surface area (Å²) in [4.78, 5) is 25.3. The van der Waals surface area contributed by atoms with Crippen LogP contribution in [0.3, 0.4) is 0 Å². The van der Waals surface area contributed by atoms with E-state index in [1.807, 2.05) is 49.4 Å². The Morgan fingerprint density at radius 3 is 2.46 bits per heavy atom. The number of nitrogens with zero attached hydrogens (tertiary/aromatic N) is 1. The Bertz CT molecular complexity index is 1270. The Morgan fingerprint density at radius 2 is 1.68 bits per heavy atom. The molecule has 4 aromatic rings. The average Bonchev–Trinajstić information content (AvgIpc) is 2.72. The number of hydrogen-bond donors (Lipinski definition) is 2. The fourth-order valence-corrected chi connectivity index (χ4v) is 3.54. The molecule has 0 fully saturated rings. The molecule has 1 aromatic heterocycles. The maximum Gasteiger partial charge on any atom is 0.293 e. The lowest BCUT2D eigenvalue weighted by atomic mass is 10.0. The molecule has 0 spiro atoms. The molecule has 4 rings (SSSR count). The fourth-order valence-electron chi connectivity index (χ4n) is 3.54. The molecule has 5 heteroatoms. The molecule has 1 unspecified atom stereocenters. The second kappa shape index (κ2) is 6.85. The maximum absolute atomic E-state index is 13.0.